The fourth-order valence-electron chi connectivity index (χ4n) is 2.20. The zero-order valence-corrected chi connectivity index (χ0v) is 14.4. The van der Waals surface area contributed by atoms with Gasteiger partial charge in [-0.05, 0) is 13.0 Å². The molecule has 26 heavy (non-hydrogen) atoms. The molecule has 8 nitrogen and oxygen atoms in total. The van der Waals surface area contributed by atoms with Crippen molar-refractivity contribution in [2.45, 2.75) is 13.5 Å². The second-order valence-electron chi connectivity index (χ2n) is 5.48. The van der Waals surface area contributed by atoms with Crippen molar-refractivity contribution < 1.29 is 14.2 Å². The third-order valence-corrected chi connectivity index (χ3v) is 3.90. The van der Waals surface area contributed by atoms with E-state index in [-0.39, 0.29) is 28.7 Å². The quantitative estimate of drug-likeness (QED) is 0.541. The van der Waals surface area contributed by atoms with Crippen molar-refractivity contribution in [3.63, 3.8) is 0 Å². The van der Waals surface area contributed by atoms with Crippen LogP contribution in [0.15, 0.2) is 47.0 Å². The molecule has 0 fully saturated rings. The average molecular weight is 373 g/mol. The number of nitro groups is 1. The lowest BCUT2D eigenvalue weighted by Gasteiger charge is -2.04. The molecule has 0 unspecified atom stereocenters. The van der Waals surface area contributed by atoms with E-state index in [4.69, 9.17) is 16.1 Å². The van der Waals surface area contributed by atoms with Crippen molar-refractivity contribution in [1.29, 1.82) is 0 Å². The lowest BCUT2D eigenvalue weighted by atomic mass is 10.1. The number of halogens is 1. The molecule has 0 aliphatic carbocycles. The van der Waals surface area contributed by atoms with Crippen molar-refractivity contribution in [1.82, 2.24) is 15.5 Å². The van der Waals surface area contributed by atoms with Crippen molar-refractivity contribution >= 4 is 23.2 Å². The number of carbonyl (C=O) groups is 1. The highest BCUT2D eigenvalue weighted by Gasteiger charge is 2.16. The molecule has 0 radical (unpaired) electrons. The summed E-state index contributed by atoms with van der Waals surface area (Å²) in [6, 6.07) is 11.2. The van der Waals surface area contributed by atoms with Gasteiger partial charge in [0.25, 0.3) is 11.6 Å². The lowest BCUT2D eigenvalue weighted by Crippen LogP contribution is -2.23. The molecule has 1 amide bonds. The van der Waals surface area contributed by atoms with Gasteiger partial charge in [0, 0.05) is 17.7 Å². The van der Waals surface area contributed by atoms with E-state index in [1.54, 1.807) is 0 Å². The largest absolute Gasteiger partial charge is 0.343 e. The molecule has 0 spiro atoms. The lowest BCUT2D eigenvalue weighted by molar-refractivity contribution is -0.384. The predicted molar refractivity (Wildman–Crippen MR) is 93.7 cm³/mol. The molecular formula is C17H13ClN4O4. The van der Waals surface area contributed by atoms with Crippen LogP contribution in [0.3, 0.4) is 0 Å². The molecule has 3 aromatic rings. The van der Waals surface area contributed by atoms with Gasteiger partial charge in [0.2, 0.25) is 11.7 Å². The number of aromatic nitrogens is 2. The zero-order valence-electron chi connectivity index (χ0n) is 13.6. The van der Waals surface area contributed by atoms with Gasteiger partial charge in [0.15, 0.2) is 0 Å². The number of rotatable bonds is 5. The number of hydrogen-bond acceptors (Lipinski definition) is 6. The number of hydrogen-bond donors (Lipinski definition) is 1. The van der Waals surface area contributed by atoms with Crippen molar-refractivity contribution in [2.75, 3.05) is 0 Å². The first-order valence-electron chi connectivity index (χ1n) is 7.56. The van der Waals surface area contributed by atoms with E-state index in [1.807, 2.05) is 31.2 Å². The summed E-state index contributed by atoms with van der Waals surface area (Å²) in [6.45, 7) is 1.98. The van der Waals surface area contributed by atoms with E-state index in [0.717, 1.165) is 17.2 Å². The van der Waals surface area contributed by atoms with Crippen molar-refractivity contribution in [3.8, 4) is 11.4 Å². The Morgan fingerprint density at radius 1 is 1.27 bits per heavy atom. The fourth-order valence-corrected chi connectivity index (χ4v) is 2.46. The van der Waals surface area contributed by atoms with Gasteiger partial charge in [-0.2, -0.15) is 4.98 Å². The second kappa shape index (κ2) is 7.32. The molecule has 0 aliphatic heterocycles. The summed E-state index contributed by atoms with van der Waals surface area (Å²) >= 11 is 5.93. The highest BCUT2D eigenvalue weighted by Crippen LogP contribution is 2.22. The van der Waals surface area contributed by atoms with Crippen LogP contribution in [0.2, 0.25) is 5.02 Å². The molecule has 1 N–H and O–H groups in total. The number of benzene rings is 2. The Morgan fingerprint density at radius 3 is 2.65 bits per heavy atom. The summed E-state index contributed by atoms with van der Waals surface area (Å²) < 4.78 is 5.12. The van der Waals surface area contributed by atoms with Crippen LogP contribution in [0.4, 0.5) is 5.69 Å². The van der Waals surface area contributed by atoms with E-state index < -0.39 is 10.8 Å². The fraction of sp³-hybridized carbons (Fsp3) is 0.118. The number of carbonyl (C=O) groups excluding carboxylic acids is 1. The Hall–Kier alpha value is -3.26. The minimum atomic E-state index is -0.585. The number of amides is 1. The standard InChI is InChI=1S/C17H13ClN4O4/c1-10-2-4-11(5-3-10)16-20-15(26-21-16)9-19-17(23)13-7-6-12(22(24)25)8-14(13)18/h2-8H,9H2,1H3,(H,19,23). The second-order valence-corrected chi connectivity index (χ2v) is 5.89. The number of nitrogens with zero attached hydrogens (tertiary/aromatic N) is 3. The molecule has 9 heteroatoms. The van der Waals surface area contributed by atoms with Crippen LogP contribution >= 0.6 is 11.6 Å². The van der Waals surface area contributed by atoms with Crippen molar-refractivity contribution in [2.24, 2.45) is 0 Å². The van der Waals surface area contributed by atoms with Crippen LogP contribution < -0.4 is 5.32 Å². The number of nitro benzene ring substituents is 1. The van der Waals surface area contributed by atoms with Gasteiger partial charge in [0.1, 0.15) is 0 Å². The molecule has 0 saturated carbocycles. The summed E-state index contributed by atoms with van der Waals surface area (Å²) in [5.41, 5.74) is 1.85. The Morgan fingerprint density at radius 2 is 2.00 bits per heavy atom. The molecule has 3 rings (SSSR count). The maximum absolute atomic E-state index is 12.2. The molecule has 0 bridgehead atoms. The third kappa shape index (κ3) is 3.86. The Balaban J connectivity index is 1.67. The van der Waals surface area contributed by atoms with E-state index in [1.165, 1.54) is 12.1 Å². The molecule has 1 heterocycles. The summed E-state index contributed by atoms with van der Waals surface area (Å²) in [4.78, 5) is 26.5. The number of nitrogens with one attached hydrogen (secondary N) is 1. The maximum Gasteiger partial charge on any atom is 0.270 e. The Bertz CT molecular complexity index is 969. The van der Waals surface area contributed by atoms with Gasteiger partial charge in [-0.1, -0.05) is 46.6 Å². The molecule has 0 aliphatic rings. The first kappa shape index (κ1) is 17.6. The first-order chi connectivity index (χ1) is 12.4. The Kier molecular flexibility index (Phi) is 4.94. The third-order valence-electron chi connectivity index (χ3n) is 3.59. The summed E-state index contributed by atoms with van der Waals surface area (Å²) in [5, 5.41) is 17.2. The molecule has 132 valence electrons. The summed E-state index contributed by atoms with van der Waals surface area (Å²) in [7, 11) is 0. The predicted octanol–water partition coefficient (Wildman–Crippen LogP) is 3.54. The van der Waals surface area contributed by atoms with E-state index in [0.29, 0.717) is 5.82 Å². The normalized spacial score (nSPS) is 10.5. The van der Waals surface area contributed by atoms with Crippen LogP contribution in [-0.2, 0) is 6.54 Å². The van der Waals surface area contributed by atoms with Crippen LogP contribution in [0, 0.1) is 17.0 Å². The van der Waals surface area contributed by atoms with Gasteiger partial charge >= 0.3 is 0 Å². The highest BCUT2D eigenvalue weighted by atomic mass is 35.5. The average Bonchev–Trinajstić information content (AvgIpc) is 3.09. The van der Waals surface area contributed by atoms with Gasteiger partial charge in [0.05, 0.1) is 22.1 Å². The van der Waals surface area contributed by atoms with Crippen LogP contribution in [0.5, 0.6) is 0 Å². The topological polar surface area (TPSA) is 111 Å². The smallest absolute Gasteiger partial charge is 0.270 e. The SMILES string of the molecule is Cc1ccc(-c2noc(CNC(=O)c3ccc([N+](=O)[O-])cc3Cl)n2)cc1. The van der Waals surface area contributed by atoms with Crippen LogP contribution in [0.25, 0.3) is 11.4 Å². The van der Waals surface area contributed by atoms with Gasteiger partial charge in [-0.15, -0.1) is 0 Å². The molecule has 1 aromatic heterocycles. The van der Waals surface area contributed by atoms with E-state index >= 15 is 0 Å². The van der Waals surface area contributed by atoms with Crippen molar-refractivity contribution in [3.05, 3.63) is 74.6 Å². The Labute approximate surface area is 152 Å². The zero-order chi connectivity index (χ0) is 18.7. The number of non-ortho nitro benzene ring substituents is 1. The minimum Gasteiger partial charge on any atom is -0.343 e. The molecule has 0 atom stereocenters. The van der Waals surface area contributed by atoms with Gasteiger partial charge < -0.3 is 9.84 Å². The van der Waals surface area contributed by atoms with E-state index in [9.17, 15) is 14.9 Å². The monoisotopic (exact) mass is 372 g/mol. The van der Waals surface area contributed by atoms with Gasteiger partial charge in [-0.3, -0.25) is 14.9 Å². The highest BCUT2D eigenvalue weighted by molar-refractivity contribution is 6.34. The molecule has 0 saturated heterocycles. The first-order valence-corrected chi connectivity index (χ1v) is 7.93. The van der Waals surface area contributed by atoms with Crippen LogP contribution in [0.1, 0.15) is 21.8 Å². The van der Waals surface area contributed by atoms with Gasteiger partial charge in [-0.25, -0.2) is 0 Å². The summed E-state index contributed by atoms with van der Waals surface area (Å²) in [5.74, 6) is 0.148. The maximum atomic E-state index is 12.2. The van der Waals surface area contributed by atoms with Crippen LogP contribution in [-0.4, -0.2) is 21.0 Å². The summed E-state index contributed by atoms with van der Waals surface area (Å²) in [6.07, 6.45) is 0. The minimum absolute atomic E-state index is 0.00497. The number of aryl methyl sites for hydroxylation is 1. The molecule has 2 aromatic carbocycles. The van der Waals surface area contributed by atoms with E-state index in [2.05, 4.69) is 15.5 Å². The molecular weight excluding hydrogens is 360 g/mol.